The maximum Gasteiger partial charge on any atom is 0.416 e. The van der Waals surface area contributed by atoms with Gasteiger partial charge in [-0.2, -0.15) is 13.2 Å². The fourth-order valence-electron chi connectivity index (χ4n) is 1.92. The van der Waals surface area contributed by atoms with Crippen molar-refractivity contribution in [3.05, 3.63) is 35.4 Å². The molecule has 0 bridgehead atoms. The molecule has 1 amide bonds. The summed E-state index contributed by atoms with van der Waals surface area (Å²) in [5.74, 6) is -1.35. The lowest BCUT2D eigenvalue weighted by atomic mass is 9.84. The number of aliphatic carboxylic acids is 1. The van der Waals surface area contributed by atoms with Gasteiger partial charge in [-0.3, -0.25) is 9.59 Å². The van der Waals surface area contributed by atoms with Crippen molar-refractivity contribution in [1.82, 2.24) is 5.32 Å². The Morgan fingerprint density at radius 1 is 1.14 bits per heavy atom. The highest BCUT2D eigenvalue weighted by atomic mass is 19.4. The molecule has 1 aromatic carbocycles. The van der Waals surface area contributed by atoms with Gasteiger partial charge >= 0.3 is 12.1 Å². The van der Waals surface area contributed by atoms with Gasteiger partial charge in [0, 0.05) is 12.0 Å². The number of rotatable bonds is 6. The van der Waals surface area contributed by atoms with Crippen molar-refractivity contribution >= 4 is 11.9 Å². The molecular weight excluding hydrogens is 299 g/mol. The second kappa shape index (κ2) is 6.81. The van der Waals surface area contributed by atoms with E-state index in [0.29, 0.717) is 5.56 Å². The monoisotopic (exact) mass is 317 g/mol. The van der Waals surface area contributed by atoms with E-state index in [2.05, 4.69) is 5.32 Å². The number of carbonyl (C=O) groups excluding carboxylic acids is 1. The van der Waals surface area contributed by atoms with Crippen LogP contribution in [0.4, 0.5) is 13.2 Å². The molecule has 4 nitrogen and oxygen atoms in total. The predicted molar refractivity (Wildman–Crippen MR) is 74.2 cm³/mol. The number of amides is 1. The maximum absolute atomic E-state index is 12.5. The molecule has 7 heteroatoms. The first-order valence-electron chi connectivity index (χ1n) is 6.68. The van der Waals surface area contributed by atoms with Gasteiger partial charge < -0.3 is 10.4 Å². The fourth-order valence-corrected chi connectivity index (χ4v) is 1.92. The fraction of sp³-hybridized carbons (Fsp3) is 0.467. The zero-order valence-corrected chi connectivity index (χ0v) is 12.3. The summed E-state index contributed by atoms with van der Waals surface area (Å²) in [5, 5.41) is 11.0. The van der Waals surface area contributed by atoms with Crippen LogP contribution in [0.2, 0.25) is 0 Å². The SMILES string of the molecule is CC(C)(Cc1ccc(C(F)(F)F)cc1)C(=O)NCCC(=O)O. The van der Waals surface area contributed by atoms with Gasteiger partial charge in [0.05, 0.1) is 12.0 Å². The molecule has 0 unspecified atom stereocenters. The molecule has 22 heavy (non-hydrogen) atoms. The molecule has 0 aliphatic rings. The summed E-state index contributed by atoms with van der Waals surface area (Å²) in [6, 6.07) is 4.64. The third-order valence-corrected chi connectivity index (χ3v) is 3.17. The average Bonchev–Trinajstić information content (AvgIpc) is 2.37. The number of alkyl halides is 3. The van der Waals surface area contributed by atoms with Crippen LogP contribution in [0.1, 0.15) is 31.4 Å². The van der Waals surface area contributed by atoms with Crippen LogP contribution in [-0.2, 0) is 22.2 Å². The zero-order valence-electron chi connectivity index (χ0n) is 12.3. The van der Waals surface area contributed by atoms with Crippen LogP contribution in [0.5, 0.6) is 0 Å². The Bertz CT molecular complexity index is 536. The van der Waals surface area contributed by atoms with E-state index in [4.69, 9.17) is 5.11 Å². The highest BCUT2D eigenvalue weighted by Gasteiger charge is 2.31. The number of hydrogen-bond acceptors (Lipinski definition) is 2. The number of carboxylic acid groups (broad SMARTS) is 1. The number of halogens is 3. The van der Waals surface area contributed by atoms with Gasteiger partial charge in [-0.1, -0.05) is 26.0 Å². The largest absolute Gasteiger partial charge is 0.481 e. The molecule has 0 fully saturated rings. The molecule has 0 saturated carbocycles. The van der Waals surface area contributed by atoms with Crippen molar-refractivity contribution in [2.75, 3.05) is 6.54 Å². The van der Waals surface area contributed by atoms with Crippen LogP contribution in [-0.4, -0.2) is 23.5 Å². The molecule has 0 atom stereocenters. The minimum absolute atomic E-state index is 0.0185. The van der Waals surface area contributed by atoms with Crippen molar-refractivity contribution < 1.29 is 27.9 Å². The quantitative estimate of drug-likeness (QED) is 0.848. The normalized spacial score (nSPS) is 12.0. The van der Waals surface area contributed by atoms with E-state index in [0.717, 1.165) is 12.1 Å². The Hall–Kier alpha value is -2.05. The number of nitrogens with one attached hydrogen (secondary N) is 1. The molecule has 0 spiro atoms. The van der Waals surface area contributed by atoms with Crippen molar-refractivity contribution in [3.8, 4) is 0 Å². The van der Waals surface area contributed by atoms with Crippen molar-refractivity contribution in [1.29, 1.82) is 0 Å². The second-order valence-electron chi connectivity index (χ2n) is 5.65. The van der Waals surface area contributed by atoms with Crippen LogP contribution in [0.15, 0.2) is 24.3 Å². The lowest BCUT2D eigenvalue weighted by Crippen LogP contribution is -2.39. The number of carbonyl (C=O) groups is 2. The molecule has 2 N–H and O–H groups in total. The molecule has 122 valence electrons. The Morgan fingerprint density at radius 3 is 2.14 bits per heavy atom. The van der Waals surface area contributed by atoms with E-state index >= 15 is 0 Å². The van der Waals surface area contributed by atoms with Gasteiger partial charge in [0.15, 0.2) is 0 Å². The first kappa shape index (κ1) is 18.0. The molecule has 1 rings (SSSR count). The van der Waals surface area contributed by atoms with E-state index in [1.165, 1.54) is 12.1 Å². The zero-order chi connectivity index (χ0) is 17.0. The Kier molecular flexibility index (Phi) is 5.57. The third-order valence-electron chi connectivity index (χ3n) is 3.17. The van der Waals surface area contributed by atoms with Crippen molar-refractivity contribution in [2.24, 2.45) is 5.41 Å². The highest BCUT2D eigenvalue weighted by molar-refractivity contribution is 5.82. The summed E-state index contributed by atoms with van der Waals surface area (Å²) in [6.07, 6.45) is -4.31. The van der Waals surface area contributed by atoms with Gasteiger partial charge in [-0.25, -0.2) is 0 Å². The standard InChI is InChI=1S/C15H18F3NO3/c1-14(2,13(22)19-8-7-12(20)21)9-10-3-5-11(6-4-10)15(16,17)18/h3-6H,7-9H2,1-2H3,(H,19,22)(H,20,21). The molecule has 1 aromatic rings. The lowest BCUT2D eigenvalue weighted by molar-refractivity contribution is -0.138. The summed E-state index contributed by atoms with van der Waals surface area (Å²) in [4.78, 5) is 22.4. The predicted octanol–water partition coefficient (Wildman–Crippen LogP) is 2.87. The minimum atomic E-state index is -4.39. The van der Waals surface area contributed by atoms with E-state index in [-0.39, 0.29) is 25.3 Å². The second-order valence-corrected chi connectivity index (χ2v) is 5.65. The first-order valence-corrected chi connectivity index (χ1v) is 6.68. The van der Waals surface area contributed by atoms with Crippen LogP contribution in [0, 0.1) is 5.41 Å². The number of carboxylic acids is 1. The van der Waals surface area contributed by atoms with E-state index in [9.17, 15) is 22.8 Å². The summed E-state index contributed by atoms with van der Waals surface area (Å²) >= 11 is 0. The molecule has 0 radical (unpaired) electrons. The summed E-state index contributed by atoms with van der Waals surface area (Å²) in [7, 11) is 0. The third kappa shape index (κ3) is 5.38. The lowest BCUT2D eigenvalue weighted by Gasteiger charge is -2.23. The highest BCUT2D eigenvalue weighted by Crippen LogP contribution is 2.30. The van der Waals surface area contributed by atoms with Gasteiger partial charge in [-0.15, -0.1) is 0 Å². The maximum atomic E-state index is 12.5. The summed E-state index contributed by atoms with van der Waals surface area (Å²) in [5.41, 5.74) is -0.982. The van der Waals surface area contributed by atoms with Crippen LogP contribution in [0.3, 0.4) is 0 Å². The van der Waals surface area contributed by atoms with Crippen molar-refractivity contribution in [3.63, 3.8) is 0 Å². The van der Waals surface area contributed by atoms with Gasteiger partial charge in [0.25, 0.3) is 0 Å². The smallest absolute Gasteiger partial charge is 0.416 e. The van der Waals surface area contributed by atoms with E-state index in [1.807, 2.05) is 0 Å². The Balaban J connectivity index is 2.67. The van der Waals surface area contributed by atoms with Gasteiger partial charge in [-0.05, 0) is 24.1 Å². The van der Waals surface area contributed by atoms with Gasteiger partial charge in [0.1, 0.15) is 0 Å². The first-order chi connectivity index (χ1) is 10.0. The molecule has 0 aromatic heterocycles. The number of hydrogen-bond donors (Lipinski definition) is 2. The van der Waals surface area contributed by atoms with Crippen LogP contribution < -0.4 is 5.32 Å². The summed E-state index contributed by atoms with van der Waals surface area (Å²) < 4.78 is 37.4. The van der Waals surface area contributed by atoms with Gasteiger partial charge in [0.2, 0.25) is 5.91 Å². The number of benzene rings is 1. The Morgan fingerprint density at radius 2 is 1.68 bits per heavy atom. The molecule has 0 saturated heterocycles. The molecule has 0 aliphatic heterocycles. The topological polar surface area (TPSA) is 66.4 Å². The molecular formula is C15H18F3NO3. The molecule has 0 heterocycles. The van der Waals surface area contributed by atoms with Crippen LogP contribution in [0.25, 0.3) is 0 Å². The van der Waals surface area contributed by atoms with E-state index in [1.54, 1.807) is 13.8 Å². The minimum Gasteiger partial charge on any atom is -0.481 e. The summed E-state index contributed by atoms with van der Waals surface area (Å²) in [6.45, 7) is 3.33. The molecule has 0 aliphatic carbocycles. The average molecular weight is 317 g/mol. The van der Waals surface area contributed by atoms with Crippen LogP contribution >= 0.6 is 0 Å². The van der Waals surface area contributed by atoms with E-state index < -0.39 is 23.1 Å². The van der Waals surface area contributed by atoms with Crippen molar-refractivity contribution in [2.45, 2.75) is 32.9 Å². The Labute approximate surface area is 126 Å².